The zero-order valence-corrected chi connectivity index (χ0v) is 19.6. The predicted molar refractivity (Wildman–Crippen MR) is 130 cm³/mol. The van der Waals surface area contributed by atoms with Gasteiger partial charge >= 0.3 is 5.97 Å². The summed E-state index contributed by atoms with van der Waals surface area (Å²) in [4.78, 5) is 25.3. The van der Waals surface area contributed by atoms with E-state index >= 15 is 0 Å². The molecule has 0 aliphatic heterocycles. The van der Waals surface area contributed by atoms with E-state index < -0.39 is 11.5 Å². The number of rotatable bonds is 9. The van der Waals surface area contributed by atoms with Gasteiger partial charge in [-0.3, -0.25) is 14.2 Å². The normalized spacial score (nSPS) is 12.2. The van der Waals surface area contributed by atoms with Crippen molar-refractivity contribution in [1.82, 2.24) is 14.8 Å². The lowest BCUT2D eigenvalue weighted by molar-refractivity contribution is -0.144. The van der Waals surface area contributed by atoms with Crippen molar-refractivity contribution < 1.29 is 13.9 Å². The number of hydrogen-bond acceptors (Lipinski definition) is 8. The number of aromatic nitrogens is 3. The quantitative estimate of drug-likeness (QED) is 0.214. The van der Waals surface area contributed by atoms with Gasteiger partial charge < -0.3 is 14.5 Å². The number of nitrogens with zero attached hydrogens (tertiary/aromatic N) is 3. The molecule has 2 aromatic heterocycles. The molecule has 2 aromatic carbocycles. The fraction of sp³-hybridized carbons (Fsp3) is 0.333. The highest BCUT2D eigenvalue weighted by Gasteiger charge is 2.18. The first-order valence-corrected chi connectivity index (χ1v) is 12.1. The van der Waals surface area contributed by atoms with Crippen molar-refractivity contribution in [2.24, 2.45) is 0 Å². The van der Waals surface area contributed by atoms with Crippen molar-refractivity contribution in [3.8, 4) is 0 Å². The molecule has 0 saturated carbocycles. The topological polar surface area (TPSA) is 99.2 Å². The van der Waals surface area contributed by atoms with Crippen molar-refractivity contribution in [3.63, 3.8) is 0 Å². The Morgan fingerprint density at radius 1 is 1.18 bits per heavy atom. The molecule has 0 aliphatic rings. The van der Waals surface area contributed by atoms with Crippen molar-refractivity contribution in [3.05, 3.63) is 58.4 Å². The van der Waals surface area contributed by atoms with Crippen LogP contribution >= 0.6 is 11.8 Å². The van der Waals surface area contributed by atoms with Crippen LogP contribution in [0.3, 0.4) is 0 Å². The number of unbranched alkanes of at least 4 members (excludes halogenated alkanes) is 1. The highest BCUT2D eigenvalue weighted by molar-refractivity contribution is 7.98. The highest BCUT2D eigenvalue weighted by atomic mass is 32.2. The number of fused-ring (bicyclic) bond motifs is 3. The first-order valence-electron chi connectivity index (χ1n) is 10.9. The molecule has 0 spiro atoms. The second-order valence-corrected chi connectivity index (χ2v) is 8.49. The van der Waals surface area contributed by atoms with Crippen molar-refractivity contribution in [1.29, 1.82) is 0 Å². The minimum absolute atomic E-state index is 0.0822. The zero-order valence-electron chi connectivity index (χ0n) is 18.8. The SMILES string of the molecule is CCCCOC(=O)Cn1c(SC)nnc(N[C@H](C)c2ccc3oc4ccccc4c3c2)c1=O. The molecule has 0 bridgehead atoms. The Morgan fingerprint density at radius 2 is 1.97 bits per heavy atom. The first-order chi connectivity index (χ1) is 16.0. The predicted octanol–water partition coefficient (Wildman–Crippen LogP) is 4.78. The molecule has 2 heterocycles. The van der Waals surface area contributed by atoms with E-state index in [9.17, 15) is 9.59 Å². The van der Waals surface area contributed by atoms with Gasteiger partial charge in [-0.25, -0.2) is 0 Å². The number of thioether (sulfide) groups is 1. The number of ether oxygens (including phenoxy) is 1. The molecule has 9 heteroatoms. The molecule has 0 aliphatic carbocycles. The molecule has 33 heavy (non-hydrogen) atoms. The van der Waals surface area contributed by atoms with Crippen LogP contribution in [0.15, 0.2) is 56.8 Å². The van der Waals surface area contributed by atoms with Gasteiger partial charge in [0.25, 0.3) is 5.56 Å². The third kappa shape index (κ3) is 4.88. The fourth-order valence-corrected chi connectivity index (χ4v) is 4.08. The van der Waals surface area contributed by atoms with Crippen LogP contribution in [-0.2, 0) is 16.1 Å². The third-order valence-corrected chi connectivity index (χ3v) is 6.07. The summed E-state index contributed by atoms with van der Waals surface area (Å²) in [7, 11) is 0. The zero-order chi connectivity index (χ0) is 23.4. The number of para-hydroxylation sites is 1. The molecule has 8 nitrogen and oxygen atoms in total. The Hall–Kier alpha value is -3.33. The summed E-state index contributed by atoms with van der Waals surface area (Å²) in [5.74, 6) is -0.385. The number of benzene rings is 2. The number of furan rings is 1. The summed E-state index contributed by atoms with van der Waals surface area (Å²) in [6.07, 6.45) is 3.49. The van der Waals surface area contributed by atoms with Gasteiger partial charge in [0.15, 0.2) is 5.16 Å². The average molecular weight is 467 g/mol. The number of nitrogens with one attached hydrogen (secondary N) is 1. The van der Waals surface area contributed by atoms with E-state index in [0.717, 1.165) is 40.3 Å². The van der Waals surface area contributed by atoms with Gasteiger partial charge in [0, 0.05) is 10.8 Å². The van der Waals surface area contributed by atoms with Crippen molar-refractivity contribution >= 4 is 45.5 Å². The van der Waals surface area contributed by atoms with Crippen LogP contribution in [0.2, 0.25) is 0 Å². The molecule has 1 atom stereocenters. The van der Waals surface area contributed by atoms with Crippen LogP contribution in [-0.4, -0.2) is 33.6 Å². The molecule has 172 valence electrons. The maximum atomic E-state index is 13.1. The van der Waals surface area contributed by atoms with Crippen LogP contribution < -0.4 is 10.9 Å². The lowest BCUT2D eigenvalue weighted by Crippen LogP contribution is -2.31. The number of esters is 1. The van der Waals surface area contributed by atoms with Gasteiger partial charge in [-0.1, -0.05) is 49.4 Å². The molecule has 4 aromatic rings. The van der Waals surface area contributed by atoms with Gasteiger partial charge in [0.1, 0.15) is 17.7 Å². The minimum atomic E-state index is -0.467. The van der Waals surface area contributed by atoms with Gasteiger partial charge in [-0.15, -0.1) is 10.2 Å². The van der Waals surface area contributed by atoms with Crippen LogP contribution in [0.5, 0.6) is 0 Å². The molecule has 0 radical (unpaired) electrons. The van der Waals surface area contributed by atoms with Crippen LogP contribution in [0, 0.1) is 0 Å². The van der Waals surface area contributed by atoms with E-state index in [4.69, 9.17) is 9.15 Å². The van der Waals surface area contributed by atoms with E-state index in [0.29, 0.717) is 11.8 Å². The maximum absolute atomic E-state index is 13.1. The molecule has 0 amide bonds. The van der Waals surface area contributed by atoms with Crippen LogP contribution in [0.25, 0.3) is 21.9 Å². The molecule has 1 N–H and O–H groups in total. The van der Waals surface area contributed by atoms with E-state index in [2.05, 4.69) is 15.5 Å². The Labute approximate surface area is 195 Å². The molecule has 0 saturated heterocycles. The summed E-state index contributed by atoms with van der Waals surface area (Å²) in [6.45, 7) is 4.09. The summed E-state index contributed by atoms with van der Waals surface area (Å²) in [5, 5.41) is 13.8. The van der Waals surface area contributed by atoms with Crippen molar-refractivity contribution in [2.75, 3.05) is 18.2 Å². The maximum Gasteiger partial charge on any atom is 0.326 e. The van der Waals surface area contributed by atoms with Gasteiger partial charge in [-0.05, 0) is 43.4 Å². The van der Waals surface area contributed by atoms with Crippen LogP contribution in [0.4, 0.5) is 5.82 Å². The second-order valence-electron chi connectivity index (χ2n) is 7.72. The third-order valence-electron chi connectivity index (χ3n) is 5.40. The van der Waals surface area contributed by atoms with Gasteiger partial charge in [-0.2, -0.15) is 0 Å². The van der Waals surface area contributed by atoms with E-state index in [-0.39, 0.29) is 18.4 Å². The highest BCUT2D eigenvalue weighted by Crippen LogP contribution is 2.31. The minimum Gasteiger partial charge on any atom is -0.464 e. The Morgan fingerprint density at radius 3 is 2.76 bits per heavy atom. The second kappa shape index (κ2) is 10.1. The summed E-state index contributed by atoms with van der Waals surface area (Å²) >= 11 is 1.25. The standard InChI is InChI=1S/C24H26N4O4S/c1-4-5-12-31-21(29)14-28-23(30)22(26-27-24(28)33-3)25-15(2)16-10-11-20-18(13-16)17-8-6-7-9-19(17)32-20/h6-11,13,15H,4-5,12,14H2,1-3H3,(H,25,26)/t15-/m1/s1. The van der Waals surface area contributed by atoms with E-state index in [1.807, 2.05) is 56.3 Å². The Bertz CT molecular complexity index is 1350. The lowest BCUT2D eigenvalue weighted by Gasteiger charge is -2.16. The Kier molecular flexibility index (Phi) is 6.98. The summed E-state index contributed by atoms with van der Waals surface area (Å²) in [5.41, 5.74) is 2.19. The fourth-order valence-electron chi connectivity index (χ4n) is 3.59. The molecular formula is C24H26N4O4S. The first kappa shape index (κ1) is 22.8. The average Bonchev–Trinajstić information content (AvgIpc) is 3.20. The molecule has 4 rings (SSSR count). The molecular weight excluding hydrogens is 440 g/mol. The smallest absolute Gasteiger partial charge is 0.326 e. The monoisotopic (exact) mass is 466 g/mol. The summed E-state index contributed by atoms with van der Waals surface area (Å²) < 4.78 is 12.4. The number of carbonyl (C=O) groups excluding carboxylic acids is 1. The number of hydrogen-bond donors (Lipinski definition) is 1. The molecule has 0 fully saturated rings. The lowest BCUT2D eigenvalue weighted by atomic mass is 10.0. The van der Waals surface area contributed by atoms with Crippen molar-refractivity contribution in [2.45, 2.75) is 44.4 Å². The van der Waals surface area contributed by atoms with E-state index in [1.54, 1.807) is 6.26 Å². The Balaban J connectivity index is 1.58. The largest absolute Gasteiger partial charge is 0.464 e. The summed E-state index contributed by atoms with van der Waals surface area (Å²) in [6, 6.07) is 13.6. The molecule has 0 unspecified atom stereocenters. The van der Waals surface area contributed by atoms with Gasteiger partial charge in [0.2, 0.25) is 5.82 Å². The van der Waals surface area contributed by atoms with E-state index in [1.165, 1.54) is 16.3 Å². The number of carbonyl (C=O) groups is 1. The van der Waals surface area contributed by atoms with Crippen LogP contribution in [0.1, 0.15) is 38.3 Å². The number of anilines is 1. The van der Waals surface area contributed by atoms with Gasteiger partial charge in [0.05, 0.1) is 12.6 Å².